The van der Waals surface area contributed by atoms with Crippen LogP contribution in [0.25, 0.3) is 6.08 Å². The number of imide groups is 1. The lowest BCUT2D eigenvalue weighted by Gasteiger charge is -2.14. The van der Waals surface area contributed by atoms with Crippen molar-refractivity contribution in [3.8, 4) is 11.5 Å². The van der Waals surface area contributed by atoms with Crippen molar-refractivity contribution >= 4 is 62.9 Å². The van der Waals surface area contributed by atoms with Crippen molar-refractivity contribution in [1.29, 1.82) is 0 Å². The fourth-order valence-electron chi connectivity index (χ4n) is 5.05. The average Bonchev–Trinajstić information content (AvgIpc) is 3.52. The molecule has 1 aliphatic heterocycles. The number of carbonyl (C=O) groups excluding carboxylic acids is 4. The Morgan fingerprint density at radius 1 is 1.02 bits per heavy atom. The highest BCUT2D eigenvalue weighted by atomic mass is 32.2. The molecule has 3 aromatic rings. The van der Waals surface area contributed by atoms with Gasteiger partial charge in [-0.2, -0.15) is 0 Å². The van der Waals surface area contributed by atoms with Crippen molar-refractivity contribution in [3.05, 3.63) is 84.6 Å². The summed E-state index contributed by atoms with van der Waals surface area (Å²) in [6, 6.07) is 11.1. The van der Waals surface area contributed by atoms with Gasteiger partial charge in [-0.25, -0.2) is 4.79 Å². The maximum atomic E-state index is 13.2. The first-order chi connectivity index (χ1) is 22.2. The quantitative estimate of drug-likeness (QED) is 0.1000. The van der Waals surface area contributed by atoms with Crippen molar-refractivity contribution in [2.24, 2.45) is 0 Å². The number of amides is 3. The molecule has 0 spiro atoms. The van der Waals surface area contributed by atoms with Crippen LogP contribution in [0.5, 0.6) is 11.5 Å². The highest BCUT2D eigenvalue weighted by Gasteiger charge is 2.37. The number of rotatable bonds is 12. The van der Waals surface area contributed by atoms with Crippen molar-refractivity contribution in [3.63, 3.8) is 0 Å². The number of esters is 1. The van der Waals surface area contributed by atoms with Gasteiger partial charge in [0.1, 0.15) is 18.2 Å². The Morgan fingerprint density at radius 3 is 2.50 bits per heavy atom. The predicted octanol–water partition coefficient (Wildman–Crippen LogP) is 6.36. The molecule has 46 heavy (non-hydrogen) atoms. The zero-order chi connectivity index (χ0) is 32.8. The highest BCUT2D eigenvalue weighted by molar-refractivity contribution is 8.18. The number of non-ortho nitro benzene ring substituents is 1. The number of aryl methyl sites for hydroxylation is 1. The van der Waals surface area contributed by atoms with Crippen LogP contribution in [0, 0.1) is 10.1 Å². The van der Waals surface area contributed by atoms with Crippen LogP contribution in [-0.2, 0) is 33.8 Å². The molecular formula is C32H31N3O9S2. The van der Waals surface area contributed by atoms with E-state index in [1.807, 2.05) is 6.92 Å². The number of anilines is 1. The van der Waals surface area contributed by atoms with Crippen molar-refractivity contribution in [2.75, 3.05) is 25.1 Å². The van der Waals surface area contributed by atoms with Crippen LogP contribution >= 0.6 is 23.1 Å². The number of hydrogen-bond acceptors (Lipinski definition) is 11. The lowest BCUT2D eigenvalue weighted by Crippen LogP contribution is -2.36. The molecule has 2 aromatic carbocycles. The molecule has 3 amide bonds. The summed E-state index contributed by atoms with van der Waals surface area (Å²) in [6.07, 6.45) is 5.01. The number of fused-ring (bicyclic) bond motifs is 1. The molecule has 14 heteroatoms. The number of nitro benzene ring substituents is 1. The van der Waals surface area contributed by atoms with E-state index in [0.717, 1.165) is 58.3 Å². The lowest BCUT2D eigenvalue weighted by atomic mass is 9.95. The van der Waals surface area contributed by atoms with Crippen LogP contribution in [-0.4, -0.2) is 52.6 Å². The Morgan fingerprint density at radius 2 is 1.78 bits per heavy atom. The van der Waals surface area contributed by atoms with Crippen molar-refractivity contribution in [1.82, 2.24) is 4.90 Å². The van der Waals surface area contributed by atoms with E-state index in [4.69, 9.17) is 14.2 Å². The molecule has 1 fully saturated rings. The molecule has 1 aromatic heterocycles. The van der Waals surface area contributed by atoms with Crippen LogP contribution in [0.2, 0.25) is 0 Å². The Hall–Kier alpha value is -4.69. The summed E-state index contributed by atoms with van der Waals surface area (Å²) >= 11 is 2.05. The van der Waals surface area contributed by atoms with Crippen molar-refractivity contribution < 1.29 is 38.3 Å². The van der Waals surface area contributed by atoms with E-state index < -0.39 is 34.5 Å². The molecule has 1 N–H and O–H groups in total. The standard InChI is InChI=1S/C32H31N3O9S2/c1-3-42-24-15-20(11-14-23(24)44-18-19-9-12-21(13-10-19)35(40)41)16-26-30(37)34(32(39)46-26)17-27(36)33-29-28(31(38)43-4-2)22-7-5-6-8-25(22)45-29/h9-16H,3-8,17-18H2,1-2H3,(H,33,36)/b26-16+. The minimum Gasteiger partial charge on any atom is -0.490 e. The molecule has 1 aliphatic carbocycles. The van der Waals surface area contributed by atoms with Gasteiger partial charge in [0.25, 0.3) is 16.8 Å². The van der Waals surface area contributed by atoms with Gasteiger partial charge < -0.3 is 19.5 Å². The molecule has 0 radical (unpaired) electrons. The summed E-state index contributed by atoms with van der Waals surface area (Å²) in [5.41, 5.74) is 2.54. The number of ether oxygens (including phenoxy) is 3. The van der Waals surface area contributed by atoms with Gasteiger partial charge in [-0.05, 0) is 98.3 Å². The van der Waals surface area contributed by atoms with E-state index in [0.29, 0.717) is 34.2 Å². The van der Waals surface area contributed by atoms with E-state index in [9.17, 15) is 29.3 Å². The Bertz CT molecular complexity index is 1720. The molecule has 0 bridgehead atoms. The van der Waals surface area contributed by atoms with E-state index in [1.165, 1.54) is 29.5 Å². The van der Waals surface area contributed by atoms with Crippen LogP contribution in [0.15, 0.2) is 47.4 Å². The third-order valence-electron chi connectivity index (χ3n) is 7.19. The minimum absolute atomic E-state index is 0.0165. The SMILES string of the molecule is CCOC(=O)c1c(NC(=O)CN2C(=O)S/C(=C/c3ccc(OCc4ccc([N+](=O)[O-])cc4)c(OCC)c3)C2=O)sc2c1CCCC2. The van der Waals surface area contributed by atoms with E-state index >= 15 is 0 Å². The summed E-state index contributed by atoms with van der Waals surface area (Å²) in [5, 5.41) is 13.4. The summed E-state index contributed by atoms with van der Waals surface area (Å²) in [4.78, 5) is 64.2. The molecule has 12 nitrogen and oxygen atoms in total. The molecule has 0 atom stereocenters. The second-order valence-corrected chi connectivity index (χ2v) is 12.4. The minimum atomic E-state index is -0.613. The largest absolute Gasteiger partial charge is 0.490 e. The monoisotopic (exact) mass is 665 g/mol. The molecule has 2 aliphatic rings. The second kappa shape index (κ2) is 14.6. The first-order valence-electron chi connectivity index (χ1n) is 14.7. The maximum Gasteiger partial charge on any atom is 0.341 e. The van der Waals surface area contributed by atoms with Crippen LogP contribution in [0.1, 0.15) is 58.6 Å². The number of carbonyl (C=O) groups is 4. The normalized spacial score (nSPS) is 15.1. The molecule has 0 saturated carbocycles. The van der Waals surface area contributed by atoms with Gasteiger partial charge in [-0.15, -0.1) is 11.3 Å². The average molecular weight is 666 g/mol. The zero-order valence-corrected chi connectivity index (χ0v) is 26.8. The smallest absolute Gasteiger partial charge is 0.341 e. The fourth-order valence-corrected chi connectivity index (χ4v) is 7.18. The van der Waals surface area contributed by atoms with Gasteiger partial charge in [0.05, 0.1) is 28.6 Å². The third-order valence-corrected chi connectivity index (χ3v) is 9.30. The molecule has 1 saturated heterocycles. The van der Waals surface area contributed by atoms with Gasteiger partial charge in [0.2, 0.25) is 5.91 Å². The predicted molar refractivity (Wildman–Crippen MR) is 173 cm³/mol. The number of hydrogen-bond donors (Lipinski definition) is 1. The van der Waals surface area contributed by atoms with Gasteiger partial charge in [-0.1, -0.05) is 6.07 Å². The van der Waals surface area contributed by atoms with E-state index in [2.05, 4.69) is 5.32 Å². The molecular weight excluding hydrogens is 634 g/mol. The number of thioether (sulfide) groups is 1. The van der Waals surface area contributed by atoms with Gasteiger partial charge in [0.15, 0.2) is 11.5 Å². The molecule has 0 unspecified atom stereocenters. The summed E-state index contributed by atoms with van der Waals surface area (Å²) < 4.78 is 16.9. The Labute approximate surface area is 272 Å². The van der Waals surface area contributed by atoms with Gasteiger partial charge in [0, 0.05) is 17.0 Å². The van der Waals surface area contributed by atoms with E-state index in [1.54, 1.807) is 37.3 Å². The number of nitrogens with one attached hydrogen (secondary N) is 1. The number of nitrogens with zero attached hydrogens (tertiary/aromatic N) is 2. The van der Waals surface area contributed by atoms with Crippen LogP contribution in [0.3, 0.4) is 0 Å². The van der Waals surface area contributed by atoms with Gasteiger partial charge in [-0.3, -0.25) is 29.4 Å². The van der Waals surface area contributed by atoms with Crippen LogP contribution < -0.4 is 14.8 Å². The summed E-state index contributed by atoms with van der Waals surface area (Å²) in [6.45, 7) is 3.70. The summed E-state index contributed by atoms with van der Waals surface area (Å²) in [5.74, 6) is -0.869. The maximum absolute atomic E-state index is 13.2. The zero-order valence-electron chi connectivity index (χ0n) is 25.2. The lowest BCUT2D eigenvalue weighted by molar-refractivity contribution is -0.384. The highest BCUT2D eigenvalue weighted by Crippen LogP contribution is 2.39. The van der Waals surface area contributed by atoms with Gasteiger partial charge >= 0.3 is 5.97 Å². The number of benzene rings is 2. The Kier molecular flexibility index (Phi) is 10.4. The molecule has 240 valence electrons. The first-order valence-corrected chi connectivity index (χ1v) is 16.3. The first kappa shape index (κ1) is 32.7. The van der Waals surface area contributed by atoms with E-state index in [-0.39, 0.29) is 23.8 Å². The third kappa shape index (κ3) is 7.40. The fraction of sp³-hybridized carbons (Fsp3) is 0.312. The number of nitro groups is 1. The van der Waals surface area contributed by atoms with Crippen LogP contribution in [0.4, 0.5) is 15.5 Å². The molecule has 5 rings (SSSR count). The topological polar surface area (TPSA) is 154 Å². The van der Waals surface area contributed by atoms with Crippen molar-refractivity contribution in [2.45, 2.75) is 46.1 Å². The second-order valence-electron chi connectivity index (χ2n) is 10.3. The number of thiophene rings is 1. The summed E-state index contributed by atoms with van der Waals surface area (Å²) in [7, 11) is 0. The Balaban J connectivity index is 1.26. The molecule has 2 heterocycles.